The Morgan fingerprint density at radius 3 is 1.87 bits per heavy atom. The monoisotopic (exact) mass is 212 g/mol. The van der Waals surface area contributed by atoms with Crippen LogP contribution < -0.4 is 10.6 Å². The van der Waals surface area contributed by atoms with Crippen molar-refractivity contribution in [3.05, 3.63) is 30.3 Å². The third-order valence-electron chi connectivity index (χ3n) is 1.45. The quantitative estimate of drug-likeness (QED) is 0.746. The highest BCUT2D eigenvalue weighted by Gasteiger charge is 1.90. The van der Waals surface area contributed by atoms with Gasteiger partial charge in [0, 0.05) is 29.4 Å². The molecule has 0 aliphatic heterocycles. The number of carbonyl (C=O) groups is 2. The van der Waals surface area contributed by atoms with Crippen LogP contribution in [0.5, 0.6) is 0 Å². The number of rotatable bonds is 1. The fraction of sp³-hybridized carbons (Fsp3) is 0.273. The number of hydrogen-bond acceptors (Lipinski definition) is 2. The van der Waals surface area contributed by atoms with Crippen molar-refractivity contribution >= 4 is 17.5 Å². The summed E-state index contributed by atoms with van der Waals surface area (Å²) in [6.07, 6.45) is 0. The standard InChI is InChI=1S/C8H9NO.C3H7NO.2H2/c1-7(10)9-8-5-3-2-4-6-8;1-3(5)4-2;;/h2-6H,1H3,(H,9,10);1-2H3,(H,4,5);2*1H. The lowest BCUT2D eigenvalue weighted by Gasteiger charge is -1.98. The summed E-state index contributed by atoms with van der Waals surface area (Å²) in [5, 5.41) is 5.05. The predicted octanol–water partition coefficient (Wildman–Crippen LogP) is 1.89. The summed E-state index contributed by atoms with van der Waals surface area (Å²) in [7, 11) is 1.60. The summed E-state index contributed by atoms with van der Waals surface area (Å²) in [6, 6.07) is 9.37. The van der Waals surface area contributed by atoms with E-state index in [2.05, 4.69) is 10.6 Å². The van der Waals surface area contributed by atoms with Crippen LogP contribution in [0.4, 0.5) is 5.69 Å². The van der Waals surface area contributed by atoms with Gasteiger partial charge in [0.2, 0.25) is 11.8 Å². The number of amides is 2. The Morgan fingerprint density at radius 1 is 1.07 bits per heavy atom. The van der Waals surface area contributed by atoms with E-state index in [1.54, 1.807) is 7.05 Å². The zero-order valence-electron chi connectivity index (χ0n) is 9.20. The van der Waals surface area contributed by atoms with Crippen LogP contribution in [-0.4, -0.2) is 18.9 Å². The average molecular weight is 212 g/mol. The van der Waals surface area contributed by atoms with Crippen LogP contribution in [0.3, 0.4) is 0 Å². The van der Waals surface area contributed by atoms with Crippen molar-refractivity contribution in [3.8, 4) is 0 Å². The van der Waals surface area contributed by atoms with Gasteiger partial charge in [-0.25, -0.2) is 0 Å². The Kier molecular flexibility index (Phi) is 6.63. The molecular formula is C11H20N2O2. The normalized spacial score (nSPS) is 8.20. The molecule has 0 saturated carbocycles. The first-order chi connectivity index (χ1) is 7.06. The molecule has 0 spiro atoms. The zero-order chi connectivity index (χ0) is 11.7. The second-order valence-electron chi connectivity index (χ2n) is 2.85. The van der Waals surface area contributed by atoms with Crippen molar-refractivity contribution in [1.82, 2.24) is 5.32 Å². The minimum absolute atomic E-state index is 0. The van der Waals surface area contributed by atoms with Gasteiger partial charge in [-0.1, -0.05) is 18.2 Å². The number of hydrogen-bond donors (Lipinski definition) is 2. The molecule has 4 heteroatoms. The van der Waals surface area contributed by atoms with Gasteiger partial charge in [0.05, 0.1) is 0 Å². The summed E-state index contributed by atoms with van der Waals surface area (Å²) in [6.45, 7) is 2.97. The average Bonchev–Trinajstić information content (AvgIpc) is 2.19. The highest BCUT2D eigenvalue weighted by atomic mass is 16.1. The van der Waals surface area contributed by atoms with Crippen LogP contribution in [0.2, 0.25) is 0 Å². The van der Waals surface area contributed by atoms with Crippen molar-refractivity contribution in [1.29, 1.82) is 0 Å². The molecule has 0 aliphatic rings. The van der Waals surface area contributed by atoms with Crippen molar-refractivity contribution in [2.45, 2.75) is 13.8 Å². The summed E-state index contributed by atoms with van der Waals surface area (Å²) >= 11 is 0. The molecule has 2 N–H and O–H groups in total. The van der Waals surface area contributed by atoms with Crippen LogP contribution in [0.25, 0.3) is 0 Å². The highest BCUT2D eigenvalue weighted by molar-refractivity contribution is 5.88. The third-order valence-corrected chi connectivity index (χ3v) is 1.45. The van der Waals surface area contributed by atoms with Gasteiger partial charge in [-0.3, -0.25) is 9.59 Å². The lowest BCUT2D eigenvalue weighted by molar-refractivity contribution is -0.118. The molecule has 1 rings (SSSR count). The van der Waals surface area contributed by atoms with Gasteiger partial charge in [0.1, 0.15) is 0 Å². The molecule has 0 aliphatic carbocycles. The maximum Gasteiger partial charge on any atom is 0.221 e. The fourth-order valence-electron chi connectivity index (χ4n) is 0.725. The number of anilines is 1. The molecule has 0 unspecified atom stereocenters. The van der Waals surface area contributed by atoms with Gasteiger partial charge in [-0.05, 0) is 12.1 Å². The molecule has 1 aromatic carbocycles. The van der Waals surface area contributed by atoms with E-state index in [1.165, 1.54) is 13.8 Å². The molecule has 0 bridgehead atoms. The summed E-state index contributed by atoms with van der Waals surface area (Å²) < 4.78 is 0. The van der Waals surface area contributed by atoms with Crippen molar-refractivity contribution < 1.29 is 12.4 Å². The third kappa shape index (κ3) is 8.49. The minimum Gasteiger partial charge on any atom is -0.359 e. The molecular weight excluding hydrogens is 192 g/mol. The lowest BCUT2D eigenvalue weighted by Crippen LogP contribution is -2.11. The predicted molar refractivity (Wildman–Crippen MR) is 64.7 cm³/mol. The van der Waals surface area contributed by atoms with E-state index < -0.39 is 0 Å². The summed E-state index contributed by atoms with van der Waals surface area (Å²) in [5.74, 6) is -0.0313. The molecule has 4 nitrogen and oxygen atoms in total. The maximum absolute atomic E-state index is 10.5. The van der Waals surface area contributed by atoms with Gasteiger partial charge in [-0.2, -0.15) is 0 Å². The van der Waals surface area contributed by atoms with E-state index in [9.17, 15) is 9.59 Å². The number of carbonyl (C=O) groups excluding carboxylic acids is 2. The lowest BCUT2D eigenvalue weighted by atomic mass is 10.3. The number of para-hydroxylation sites is 1. The number of benzene rings is 1. The molecule has 0 heterocycles. The van der Waals surface area contributed by atoms with E-state index >= 15 is 0 Å². The first-order valence-corrected chi connectivity index (χ1v) is 4.57. The van der Waals surface area contributed by atoms with E-state index in [1.807, 2.05) is 30.3 Å². The Hall–Kier alpha value is -1.84. The highest BCUT2D eigenvalue weighted by Crippen LogP contribution is 2.03. The SMILES string of the molecule is CC(=O)Nc1ccccc1.CNC(C)=O.[HH].[HH]. The Bertz CT molecular complexity index is 319. The van der Waals surface area contributed by atoms with Crippen LogP contribution in [0.15, 0.2) is 30.3 Å². The van der Waals surface area contributed by atoms with Crippen molar-refractivity contribution in [2.75, 3.05) is 12.4 Å². The van der Waals surface area contributed by atoms with E-state index in [0.29, 0.717) is 0 Å². The molecule has 86 valence electrons. The summed E-state index contributed by atoms with van der Waals surface area (Å²) in [5.41, 5.74) is 0.843. The van der Waals surface area contributed by atoms with E-state index in [4.69, 9.17) is 0 Å². The Morgan fingerprint density at radius 2 is 1.53 bits per heavy atom. The molecule has 2 amide bonds. The largest absolute Gasteiger partial charge is 0.359 e. The van der Waals surface area contributed by atoms with E-state index in [-0.39, 0.29) is 14.7 Å². The topological polar surface area (TPSA) is 58.2 Å². The van der Waals surface area contributed by atoms with Crippen LogP contribution in [0, 0.1) is 0 Å². The Balaban J connectivity index is -0.000000247. The van der Waals surface area contributed by atoms with Crippen LogP contribution in [-0.2, 0) is 9.59 Å². The van der Waals surface area contributed by atoms with Gasteiger partial charge < -0.3 is 10.6 Å². The van der Waals surface area contributed by atoms with Crippen LogP contribution >= 0.6 is 0 Å². The minimum atomic E-state index is -0.0359. The zero-order valence-corrected chi connectivity index (χ0v) is 9.20. The fourth-order valence-corrected chi connectivity index (χ4v) is 0.725. The smallest absolute Gasteiger partial charge is 0.221 e. The first kappa shape index (κ1) is 13.2. The maximum atomic E-state index is 10.5. The molecule has 0 saturated heterocycles. The Labute approximate surface area is 92.7 Å². The van der Waals surface area contributed by atoms with Gasteiger partial charge in [0.15, 0.2) is 0 Å². The first-order valence-electron chi connectivity index (χ1n) is 4.57. The molecule has 0 radical (unpaired) electrons. The van der Waals surface area contributed by atoms with Crippen molar-refractivity contribution in [3.63, 3.8) is 0 Å². The molecule has 0 fully saturated rings. The van der Waals surface area contributed by atoms with Crippen molar-refractivity contribution in [2.24, 2.45) is 0 Å². The van der Waals surface area contributed by atoms with Gasteiger partial charge in [0.25, 0.3) is 0 Å². The second kappa shape index (κ2) is 7.55. The molecule has 0 atom stereocenters. The van der Waals surface area contributed by atoms with E-state index in [0.717, 1.165) is 5.69 Å². The molecule has 15 heavy (non-hydrogen) atoms. The van der Waals surface area contributed by atoms with Gasteiger partial charge in [-0.15, -0.1) is 0 Å². The van der Waals surface area contributed by atoms with Gasteiger partial charge >= 0.3 is 0 Å². The molecule has 1 aromatic rings. The number of nitrogens with one attached hydrogen (secondary N) is 2. The van der Waals surface area contributed by atoms with Crippen LogP contribution in [0.1, 0.15) is 16.7 Å². The molecule has 0 aromatic heterocycles. The second-order valence-corrected chi connectivity index (χ2v) is 2.85. The summed E-state index contributed by atoms with van der Waals surface area (Å²) in [4.78, 5) is 20.2.